The van der Waals surface area contributed by atoms with Crippen molar-refractivity contribution >= 4 is 5.97 Å². The first-order valence-corrected chi connectivity index (χ1v) is 7.85. The van der Waals surface area contributed by atoms with Crippen molar-refractivity contribution in [1.82, 2.24) is 0 Å². The summed E-state index contributed by atoms with van der Waals surface area (Å²) >= 11 is 0. The average molecular weight is 282 g/mol. The number of hydrogen-bond donors (Lipinski definition) is 0. The molecule has 2 saturated heterocycles. The van der Waals surface area contributed by atoms with Gasteiger partial charge in [0.1, 0.15) is 6.10 Å². The number of rotatable bonds is 7. The molecule has 0 amide bonds. The lowest BCUT2D eigenvalue weighted by Crippen LogP contribution is -2.28. The molecule has 2 rings (SSSR count). The van der Waals surface area contributed by atoms with Crippen molar-refractivity contribution in [1.29, 1.82) is 0 Å². The molecule has 4 nitrogen and oxygen atoms in total. The largest absolute Gasteiger partial charge is 0.458 e. The topological polar surface area (TPSA) is 44.8 Å². The van der Waals surface area contributed by atoms with Crippen molar-refractivity contribution < 1.29 is 19.0 Å². The van der Waals surface area contributed by atoms with Gasteiger partial charge in [-0.2, -0.15) is 0 Å². The van der Waals surface area contributed by atoms with Crippen molar-refractivity contribution in [3.05, 3.63) is 12.2 Å². The lowest BCUT2D eigenvalue weighted by atomic mass is 9.94. The predicted octanol–water partition coefficient (Wildman–Crippen LogP) is 3.21. The number of hydrogen-bond acceptors (Lipinski definition) is 4. The predicted molar refractivity (Wildman–Crippen MR) is 76.2 cm³/mol. The quantitative estimate of drug-likeness (QED) is 0.408. The van der Waals surface area contributed by atoms with E-state index in [0.29, 0.717) is 12.2 Å². The van der Waals surface area contributed by atoms with E-state index < -0.39 is 0 Å². The zero-order valence-electron chi connectivity index (χ0n) is 12.4. The summed E-state index contributed by atoms with van der Waals surface area (Å²) in [4.78, 5) is 11.7. The number of esters is 1. The van der Waals surface area contributed by atoms with Gasteiger partial charge in [0, 0.05) is 12.2 Å². The van der Waals surface area contributed by atoms with E-state index in [1.54, 1.807) is 0 Å². The van der Waals surface area contributed by atoms with E-state index in [1.165, 1.54) is 12.8 Å². The third-order valence-corrected chi connectivity index (χ3v) is 4.11. The van der Waals surface area contributed by atoms with Crippen LogP contribution in [0.1, 0.15) is 51.9 Å². The van der Waals surface area contributed by atoms with Crippen molar-refractivity contribution in [2.24, 2.45) is 5.92 Å². The highest BCUT2D eigenvalue weighted by Crippen LogP contribution is 2.31. The van der Waals surface area contributed by atoms with Gasteiger partial charge < -0.3 is 14.2 Å². The van der Waals surface area contributed by atoms with Crippen molar-refractivity contribution in [3.8, 4) is 0 Å². The lowest BCUT2D eigenvalue weighted by molar-refractivity contribution is -0.170. The van der Waals surface area contributed by atoms with Gasteiger partial charge >= 0.3 is 5.97 Å². The second kappa shape index (κ2) is 7.79. The zero-order chi connectivity index (χ0) is 14.4. The minimum Gasteiger partial charge on any atom is -0.458 e. The Balaban J connectivity index is 1.81. The van der Waals surface area contributed by atoms with E-state index in [9.17, 15) is 4.79 Å². The van der Waals surface area contributed by atoms with Crippen LogP contribution in [0.3, 0.4) is 0 Å². The molecule has 0 aromatic carbocycles. The summed E-state index contributed by atoms with van der Waals surface area (Å²) < 4.78 is 16.8. The third kappa shape index (κ3) is 4.06. The molecule has 2 fully saturated rings. The summed E-state index contributed by atoms with van der Waals surface area (Å²) in [5.74, 6) is -0.269. The van der Waals surface area contributed by atoms with Crippen LogP contribution >= 0.6 is 0 Å². The Morgan fingerprint density at radius 1 is 1.35 bits per heavy atom. The van der Waals surface area contributed by atoms with Crippen molar-refractivity contribution in [2.45, 2.75) is 64.3 Å². The molecule has 3 atom stereocenters. The van der Waals surface area contributed by atoms with Gasteiger partial charge in [0.2, 0.25) is 0 Å². The number of cyclic esters (lactones) is 1. The molecule has 20 heavy (non-hydrogen) atoms. The summed E-state index contributed by atoms with van der Waals surface area (Å²) in [7, 11) is 0. The summed E-state index contributed by atoms with van der Waals surface area (Å²) in [6.45, 7) is 7.28. The van der Waals surface area contributed by atoms with Crippen LogP contribution in [-0.2, 0) is 19.0 Å². The fourth-order valence-corrected chi connectivity index (χ4v) is 2.79. The van der Waals surface area contributed by atoms with Crippen molar-refractivity contribution in [3.63, 3.8) is 0 Å². The van der Waals surface area contributed by atoms with Crippen LogP contribution in [-0.4, -0.2) is 31.6 Å². The summed E-state index contributed by atoms with van der Waals surface area (Å²) in [6, 6.07) is 0. The molecule has 0 bridgehead atoms. The third-order valence-electron chi connectivity index (χ3n) is 4.11. The Kier molecular flexibility index (Phi) is 6.05. The van der Waals surface area contributed by atoms with Crippen LogP contribution in [0.15, 0.2) is 12.2 Å². The van der Waals surface area contributed by atoms with Crippen LogP contribution in [0, 0.1) is 5.92 Å². The second-order valence-electron chi connectivity index (χ2n) is 5.70. The normalized spacial score (nSPS) is 30.6. The molecule has 0 N–H and O–H groups in total. The molecule has 2 aliphatic rings. The highest BCUT2D eigenvalue weighted by atomic mass is 16.7. The molecule has 2 aliphatic heterocycles. The molecule has 2 heterocycles. The standard InChI is InChI=1S/C16H26O4/c1-3-4-5-8-14-13(12(2)16(17)20-14)11-19-15-9-6-7-10-18-15/h13-15H,2-11H2,1H3/t13-,14+,15?/m1/s1. The summed E-state index contributed by atoms with van der Waals surface area (Å²) in [6.07, 6.45) is 7.32. The van der Waals surface area contributed by atoms with Gasteiger partial charge in [0.25, 0.3) is 0 Å². The first kappa shape index (κ1) is 15.5. The van der Waals surface area contributed by atoms with Crippen LogP contribution in [0.2, 0.25) is 0 Å². The van der Waals surface area contributed by atoms with Crippen molar-refractivity contribution in [2.75, 3.05) is 13.2 Å². The molecule has 0 radical (unpaired) electrons. The van der Waals surface area contributed by atoms with Crippen LogP contribution in [0.25, 0.3) is 0 Å². The minimum absolute atomic E-state index is 0.00937. The Labute approximate surface area is 121 Å². The van der Waals surface area contributed by atoms with E-state index in [4.69, 9.17) is 14.2 Å². The van der Waals surface area contributed by atoms with Gasteiger partial charge in [-0.25, -0.2) is 4.79 Å². The molecule has 0 aliphatic carbocycles. The maximum absolute atomic E-state index is 11.7. The number of carbonyl (C=O) groups is 1. The van der Waals surface area contributed by atoms with Gasteiger partial charge in [-0.05, 0) is 32.1 Å². The van der Waals surface area contributed by atoms with Gasteiger partial charge in [-0.3, -0.25) is 0 Å². The van der Waals surface area contributed by atoms with Gasteiger partial charge in [0.05, 0.1) is 12.5 Å². The Hall–Kier alpha value is -0.870. The summed E-state index contributed by atoms with van der Waals surface area (Å²) in [5.41, 5.74) is 0.558. The molecule has 0 aromatic rings. The van der Waals surface area contributed by atoms with E-state index in [-0.39, 0.29) is 24.3 Å². The maximum Gasteiger partial charge on any atom is 0.334 e. The minimum atomic E-state index is -0.260. The summed E-state index contributed by atoms with van der Waals surface area (Å²) in [5, 5.41) is 0. The van der Waals surface area contributed by atoms with Gasteiger partial charge in [-0.1, -0.05) is 26.3 Å². The Bertz CT molecular complexity index is 333. The molecule has 0 aromatic heterocycles. The van der Waals surface area contributed by atoms with Crippen LogP contribution in [0.5, 0.6) is 0 Å². The number of ether oxygens (including phenoxy) is 3. The lowest BCUT2D eigenvalue weighted by Gasteiger charge is -2.25. The average Bonchev–Trinajstić information content (AvgIpc) is 2.73. The van der Waals surface area contributed by atoms with Crippen LogP contribution < -0.4 is 0 Å². The maximum atomic E-state index is 11.7. The molecule has 4 heteroatoms. The second-order valence-corrected chi connectivity index (χ2v) is 5.70. The molecule has 1 unspecified atom stereocenters. The van der Waals surface area contributed by atoms with E-state index in [2.05, 4.69) is 13.5 Å². The number of unbranched alkanes of at least 4 members (excludes halogenated alkanes) is 2. The Morgan fingerprint density at radius 3 is 2.90 bits per heavy atom. The molecular weight excluding hydrogens is 256 g/mol. The Morgan fingerprint density at radius 2 is 2.20 bits per heavy atom. The van der Waals surface area contributed by atoms with E-state index in [0.717, 1.165) is 38.7 Å². The first-order valence-electron chi connectivity index (χ1n) is 7.85. The first-order chi connectivity index (χ1) is 9.72. The molecule has 0 spiro atoms. The fourth-order valence-electron chi connectivity index (χ4n) is 2.79. The number of carbonyl (C=O) groups excluding carboxylic acids is 1. The molecular formula is C16H26O4. The highest BCUT2D eigenvalue weighted by Gasteiger charge is 2.38. The smallest absolute Gasteiger partial charge is 0.334 e. The zero-order valence-corrected chi connectivity index (χ0v) is 12.4. The highest BCUT2D eigenvalue weighted by molar-refractivity contribution is 5.90. The monoisotopic (exact) mass is 282 g/mol. The van der Waals surface area contributed by atoms with Gasteiger partial charge in [-0.15, -0.1) is 0 Å². The van der Waals surface area contributed by atoms with Gasteiger partial charge in [0.15, 0.2) is 6.29 Å². The fraction of sp³-hybridized carbons (Fsp3) is 0.812. The van der Waals surface area contributed by atoms with E-state index in [1.807, 2.05) is 0 Å². The van der Waals surface area contributed by atoms with E-state index >= 15 is 0 Å². The SMILES string of the molecule is C=C1C(=O)O[C@@H](CCCCC)[C@@H]1COC1CCCCO1. The molecule has 114 valence electrons. The molecule has 0 saturated carbocycles. The van der Waals surface area contributed by atoms with Crippen LogP contribution in [0.4, 0.5) is 0 Å².